The number of aromatic nitrogens is 1. The number of benzene rings is 2. The molecule has 2 heterocycles. The smallest absolute Gasteiger partial charge is 0.235 e. The maximum Gasteiger partial charge on any atom is 0.235 e. The molecule has 3 aromatic rings. The molecule has 5 heteroatoms. The molecule has 1 amide bonds. The van der Waals surface area contributed by atoms with E-state index in [1.54, 1.807) is 23.1 Å². The highest BCUT2D eigenvalue weighted by molar-refractivity contribution is 8.00. The van der Waals surface area contributed by atoms with Crippen LogP contribution in [0.25, 0.3) is 10.2 Å². The van der Waals surface area contributed by atoms with Crippen LogP contribution in [0.3, 0.4) is 0 Å². The van der Waals surface area contributed by atoms with Gasteiger partial charge >= 0.3 is 0 Å². The average Bonchev–Trinajstić information content (AvgIpc) is 3.12. The summed E-state index contributed by atoms with van der Waals surface area (Å²) >= 11 is 3.42. The molecule has 4 rings (SSSR count). The summed E-state index contributed by atoms with van der Waals surface area (Å²) in [6.45, 7) is 3.67. The molecule has 2 atom stereocenters. The lowest BCUT2D eigenvalue weighted by Crippen LogP contribution is -2.42. The van der Waals surface area contributed by atoms with Crippen molar-refractivity contribution in [3.8, 4) is 0 Å². The fraction of sp³-hybridized carbons (Fsp3) is 0.333. The van der Waals surface area contributed by atoms with Crippen molar-refractivity contribution < 1.29 is 4.79 Å². The number of thioether (sulfide) groups is 1. The minimum absolute atomic E-state index is 0.0634. The first kappa shape index (κ1) is 17.6. The van der Waals surface area contributed by atoms with Gasteiger partial charge in [-0.1, -0.05) is 30.3 Å². The van der Waals surface area contributed by atoms with Crippen LogP contribution in [-0.2, 0) is 4.79 Å². The second kappa shape index (κ2) is 7.80. The molecule has 134 valence electrons. The summed E-state index contributed by atoms with van der Waals surface area (Å²) in [5.74, 6) is 0.601. The first-order valence-corrected chi connectivity index (χ1v) is 10.8. The highest BCUT2D eigenvalue weighted by Crippen LogP contribution is 2.34. The Balaban J connectivity index is 1.44. The summed E-state index contributed by atoms with van der Waals surface area (Å²) in [5, 5.41) is 1.11. The van der Waals surface area contributed by atoms with Gasteiger partial charge in [0.2, 0.25) is 5.91 Å². The van der Waals surface area contributed by atoms with Gasteiger partial charge in [-0.25, -0.2) is 4.98 Å². The lowest BCUT2D eigenvalue weighted by molar-refractivity contribution is -0.131. The number of amides is 1. The summed E-state index contributed by atoms with van der Waals surface area (Å²) in [6.07, 6.45) is 2.17. The Labute approximate surface area is 162 Å². The molecule has 1 aliphatic rings. The van der Waals surface area contributed by atoms with E-state index in [1.807, 2.05) is 36.1 Å². The predicted octanol–water partition coefficient (Wildman–Crippen LogP) is 5.18. The Morgan fingerprint density at radius 1 is 1.19 bits per heavy atom. The lowest BCUT2D eigenvalue weighted by Gasteiger charge is -2.33. The maximum atomic E-state index is 12.9. The van der Waals surface area contributed by atoms with Crippen molar-refractivity contribution in [3.05, 3.63) is 59.6 Å². The summed E-state index contributed by atoms with van der Waals surface area (Å²) in [4.78, 5) is 20.9. The van der Waals surface area contributed by atoms with Crippen molar-refractivity contribution in [2.75, 3.05) is 13.1 Å². The molecule has 0 aliphatic carbocycles. The van der Waals surface area contributed by atoms with Crippen LogP contribution in [0.5, 0.6) is 0 Å². The van der Waals surface area contributed by atoms with Crippen molar-refractivity contribution in [1.82, 2.24) is 9.88 Å². The van der Waals surface area contributed by atoms with E-state index in [1.165, 1.54) is 9.71 Å². The summed E-state index contributed by atoms with van der Waals surface area (Å²) in [6, 6.07) is 18.5. The van der Waals surface area contributed by atoms with E-state index in [4.69, 9.17) is 4.98 Å². The highest BCUT2D eigenvalue weighted by atomic mass is 32.2. The van der Waals surface area contributed by atoms with Gasteiger partial charge < -0.3 is 4.90 Å². The van der Waals surface area contributed by atoms with Gasteiger partial charge in [0.05, 0.1) is 20.5 Å². The fourth-order valence-corrected chi connectivity index (χ4v) is 5.52. The SMILES string of the molecule is C[C@@H](Sc1ccccc1)C(=O)N1CCC[C@H](c2nc3ccccc3s2)C1. The van der Waals surface area contributed by atoms with E-state index in [9.17, 15) is 4.79 Å². The molecule has 3 nitrogen and oxygen atoms in total. The Kier molecular flexibility index (Phi) is 5.27. The molecule has 0 unspecified atom stereocenters. The third kappa shape index (κ3) is 3.79. The van der Waals surface area contributed by atoms with Crippen LogP contribution in [-0.4, -0.2) is 34.1 Å². The first-order chi connectivity index (χ1) is 12.7. The molecule has 26 heavy (non-hydrogen) atoms. The second-order valence-corrected chi connectivity index (χ2v) is 9.19. The van der Waals surface area contributed by atoms with E-state index in [0.717, 1.165) is 36.3 Å². The van der Waals surface area contributed by atoms with Gasteiger partial charge in [-0.05, 0) is 44.0 Å². The zero-order chi connectivity index (χ0) is 17.9. The lowest BCUT2D eigenvalue weighted by atomic mass is 9.98. The van der Waals surface area contributed by atoms with Gasteiger partial charge in [0.25, 0.3) is 0 Å². The Hall–Kier alpha value is -1.85. The number of thiazole rings is 1. The molecular formula is C21H22N2OS2. The number of fused-ring (bicyclic) bond motifs is 1. The van der Waals surface area contributed by atoms with E-state index in [0.29, 0.717) is 5.92 Å². The molecule has 0 spiro atoms. The van der Waals surface area contributed by atoms with Crippen LogP contribution >= 0.6 is 23.1 Å². The van der Waals surface area contributed by atoms with Crippen LogP contribution in [0.15, 0.2) is 59.5 Å². The van der Waals surface area contributed by atoms with E-state index >= 15 is 0 Å². The van der Waals surface area contributed by atoms with Crippen LogP contribution in [0, 0.1) is 0 Å². The maximum absolute atomic E-state index is 12.9. The number of carbonyl (C=O) groups is 1. The van der Waals surface area contributed by atoms with Crippen molar-refractivity contribution in [1.29, 1.82) is 0 Å². The monoisotopic (exact) mass is 382 g/mol. The zero-order valence-electron chi connectivity index (χ0n) is 14.8. The first-order valence-electron chi connectivity index (χ1n) is 9.06. The second-order valence-electron chi connectivity index (χ2n) is 6.72. The Morgan fingerprint density at radius 3 is 2.77 bits per heavy atom. The van der Waals surface area contributed by atoms with Crippen molar-refractivity contribution >= 4 is 39.2 Å². The van der Waals surface area contributed by atoms with Crippen LogP contribution in [0.2, 0.25) is 0 Å². The molecule has 0 saturated carbocycles. The van der Waals surface area contributed by atoms with E-state index < -0.39 is 0 Å². The van der Waals surface area contributed by atoms with Crippen LogP contribution in [0.4, 0.5) is 0 Å². The minimum atomic E-state index is -0.0634. The summed E-state index contributed by atoms with van der Waals surface area (Å²) < 4.78 is 1.24. The number of para-hydroxylation sites is 1. The number of carbonyl (C=O) groups excluding carboxylic acids is 1. The summed E-state index contributed by atoms with van der Waals surface area (Å²) in [5.41, 5.74) is 1.07. The fourth-order valence-electron chi connectivity index (χ4n) is 3.45. The number of likely N-dealkylation sites (tertiary alicyclic amines) is 1. The molecule has 1 aliphatic heterocycles. The predicted molar refractivity (Wildman–Crippen MR) is 110 cm³/mol. The van der Waals surface area contributed by atoms with Crippen LogP contribution < -0.4 is 0 Å². The third-order valence-electron chi connectivity index (χ3n) is 4.80. The van der Waals surface area contributed by atoms with E-state index in [2.05, 4.69) is 30.3 Å². The van der Waals surface area contributed by atoms with Crippen molar-refractivity contribution in [2.24, 2.45) is 0 Å². The van der Waals surface area contributed by atoms with Crippen molar-refractivity contribution in [2.45, 2.75) is 35.8 Å². The molecule has 1 fully saturated rings. The summed E-state index contributed by atoms with van der Waals surface area (Å²) in [7, 11) is 0. The van der Waals surface area contributed by atoms with Gasteiger partial charge in [0.15, 0.2) is 0 Å². The molecule has 0 radical (unpaired) electrons. The molecule has 2 aromatic carbocycles. The average molecular weight is 383 g/mol. The largest absolute Gasteiger partial charge is 0.341 e. The zero-order valence-corrected chi connectivity index (χ0v) is 16.4. The molecule has 1 aromatic heterocycles. The van der Waals surface area contributed by atoms with Crippen molar-refractivity contribution in [3.63, 3.8) is 0 Å². The van der Waals surface area contributed by atoms with Gasteiger partial charge in [-0.15, -0.1) is 23.1 Å². The Bertz CT molecular complexity index is 860. The quantitative estimate of drug-likeness (QED) is 0.583. The molecule has 0 N–H and O–H groups in total. The normalized spacial score (nSPS) is 18.8. The number of piperidine rings is 1. The highest BCUT2D eigenvalue weighted by Gasteiger charge is 2.29. The van der Waals surface area contributed by atoms with E-state index in [-0.39, 0.29) is 11.2 Å². The molecular weight excluding hydrogens is 360 g/mol. The molecule has 1 saturated heterocycles. The van der Waals surface area contributed by atoms with Gasteiger partial charge in [-0.2, -0.15) is 0 Å². The number of hydrogen-bond donors (Lipinski definition) is 0. The minimum Gasteiger partial charge on any atom is -0.341 e. The van der Waals surface area contributed by atoms with Gasteiger partial charge in [0.1, 0.15) is 0 Å². The van der Waals surface area contributed by atoms with Gasteiger partial charge in [-0.3, -0.25) is 4.79 Å². The standard InChI is InChI=1S/C21H22N2OS2/c1-15(25-17-9-3-2-4-10-17)21(24)23-13-7-8-16(14-23)20-22-18-11-5-6-12-19(18)26-20/h2-6,9-12,15-16H,7-8,13-14H2,1H3/t15-,16+/m1/s1. The Morgan fingerprint density at radius 2 is 1.96 bits per heavy atom. The van der Waals surface area contributed by atoms with Crippen LogP contribution in [0.1, 0.15) is 30.7 Å². The number of rotatable bonds is 4. The third-order valence-corrected chi connectivity index (χ3v) is 7.09. The van der Waals surface area contributed by atoms with Gasteiger partial charge in [0, 0.05) is 23.9 Å². The topological polar surface area (TPSA) is 33.2 Å². The number of hydrogen-bond acceptors (Lipinski definition) is 4. The number of nitrogens with zero attached hydrogens (tertiary/aromatic N) is 2. The molecule has 0 bridgehead atoms.